The molecule has 4 rings (SSSR count). The van der Waals surface area contributed by atoms with E-state index >= 15 is 0 Å². The van der Waals surface area contributed by atoms with Crippen LogP contribution in [0.4, 0.5) is 0 Å². The Bertz CT molecular complexity index is 1210. The van der Waals surface area contributed by atoms with Crippen molar-refractivity contribution in [2.24, 2.45) is 11.7 Å². The van der Waals surface area contributed by atoms with E-state index in [4.69, 9.17) is 10.7 Å². The monoisotopic (exact) mass is 418 g/mol. The predicted octanol–water partition coefficient (Wildman–Crippen LogP) is 2.48. The Morgan fingerprint density at radius 1 is 1.23 bits per heavy atom. The fourth-order valence-electron chi connectivity index (χ4n) is 3.46. The van der Waals surface area contributed by atoms with Gasteiger partial charge in [-0.05, 0) is 43.5 Å². The summed E-state index contributed by atoms with van der Waals surface area (Å²) in [7, 11) is 0. The Morgan fingerprint density at radius 2 is 2.06 bits per heavy atom. The van der Waals surface area contributed by atoms with Gasteiger partial charge < -0.3 is 16.0 Å². The predicted molar refractivity (Wildman–Crippen MR) is 118 cm³/mol. The second-order valence-electron chi connectivity index (χ2n) is 8.01. The lowest BCUT2D eigenvalue weighted by atomic mass is 10.0. The van der Waals surface area contributed by atoms with Crippen LogP contribution >= 0.6 is 0 Å². The molecule has 1 atom stereocenters. The van der Waals surface area contributed by atoms with Crippen molar-refractivity contribution in [3.05, 3.63) is 54.4 Å². The quantitative estimate of drug-likeness (QED) is 0.423. The molecule has 0 aromatic carbocycles. The lowest BCUT2D eigenvalue weighted by molar-refractivity contribution is -0.122. The number of fused-ring (bicyclic) bond motifs is 1. The highest BCUT2D eigenvalue weighted by atomic mass is 16.2. The number of amides is 1. The molecular weight excluding hydrogens is 392 g/mol. The first-order valence-electron chi connectivity index (χ1n) is 10.3. The third kappa shape index (κ3) is 4.61. The highest BCUT2D eigenvalue weighted by Crippen LogP contribution is 2.29. The zero-order valence-corrected chi connectivity index (χ0v) is 17.8. The first-order chi connectivity index (χ1) is 14.9. The molecule has 0 aliphatic carbocycles. The van der Waals surface area contributed by atoms with Crippen molar-refractivity contribution >= 4 is 11.6 Å². The lowest BCUT2D eigenvalue weighted by Gasteiger charge is -2.13. The summed E-state index contributed by atoms with van der Waals surface area (Å²) in [5.41, 5.74) is 10.8. The smallest absolute Gasteiger partial charge is 0.237 e. The van der Waals surface area contributed by atoms with Gasteiger partial charge in [0.1, 0.15) is 12.2 Å². The van der Waals surface area contributed by atoms with Gasteiger partial charge in [-0.2, -0.15) is 5.10 Å². The third-order valence-electron chi connectivity index (χ3n) is 4.94. The first-order valence-corrected chi connectivity index (χ1v) is 10.3. The van der Waals surface area contributed by atoms with E-state index < -0.39 is 6.04 Å². The Balaban J connectivity index is 1.66. The van der Waals surface area contributed by atoms with Crippen LogP contribution in [-0.4, -0.2) is 41.5 Å². The summed E-state index contributed by atoms with van der Waals surface area (Å²) in [5.74, 6) is 0.782. The fraction of sp³-hybridized carbons (Fsp3) is 0.318. The van der Waals surface area contributed by atoms with Gasteiger partial charge in [-0.25, -0.2) is 14.5 Å². The molecule has 0 saturated heterocycles. The molecule has 0 bridgehead atoms. The number of aromatic amines is 1. The van der Waals surface area contributed by atoms with Crippen LogP contribution in [0.3, 0.4) is 0 Å². The summed E-state index contributed by atoms with van der Waals surface area (Å²) < 4.78 is 1.70. The molecule has 9 heteroatoms. The van der Waals surface area contributed by atoms with Crippen LogP contribution in [0.25, 0.3) is 28.3 Å². The van der Waals surface area contributed by atoms with E-state index in [0.29, 0.717) is 18.2 Å². The normalized spacial score (nSPS) is 12.4. The number of carbonyl (C=O) groups excluding carboxylic acids is 1. The van der Waals surface area contributed by atoms with E-state index in [1.807, 2.05) is 57.3 Å². The fourth-order valence-corrected chi connectivity index (χ4v) is 3.46. The molecule has 4 N–H and O–H groups in total. The third-order valence-corrected chi connectivity index (χ3v) is 4.94. The van der Waals surface area contributed by atoms with E-state index in [9.17, 15) is 4.79 Å². The van der Waals surface area contributed by atoms with Crippen LogP contribution in [0.1, 0.15) is 31.8 Å². The highest BCUT2D eigenvalue weighted by molar-refractivity contribution is 5.81. The number of carbonyl (C=O) groups is 1. The van der Waals surface area contributed by atoms with E-state index in [-0.39, 0.29) is 12.5 Å². The van der Waals surface area contributed by atoms with Gasteiger partial charge in [0.15, 0.2) is 5.65 Å². The standard InChI is InChI=1S/C22H26N8O/c1-13(2)9-16(23)22(31)24-10-18-28-20(15-7-8-19-25-12-26-30(19)11-15)21(29-18)17-6-4-5-14(3)27-17/h4-8,11-13,16H,9-10,23H2,1-3H3,(H,24,31)(H,28,29)/t16-/m1/s1. The molecule has 0 aliphatic rings. The van der Waals surface area contributed by atoms with Crippen LogP contribution < -0.4 is 11.1 Å². The molecule has 0 unspecified atom stereocenters. The van der Waals surface area contributed by atoms with E-state index in [1.54, 1.807) is 4.52 Å². The van der Waals surface area contributed by atoms with Crippen molar-refractivity contribution in [2.75, 3.05) is 0 Å². The average Bonchev–Trinajstić information content (AvgIpc) is 3.37. The Kier molecular flexibility index (Phi) is 5.77. The number of H-pyrrole nitrogens is 1. The zero-order valence-electron chi connectivity index (χ0n) is 17.8. The number of aryl methyl sites for hydroxylation is 1. The second kappa shape index (κ2) is 8.65. The van der Waals surface area contributed by atoms with Gasteiger partial charge >= 0.3 is 0 Å². The Hall–Kier alpha value is -3.59. The number of rotatable bonds is 7. The zero-order chi connectivity index (χ0) is 22.0. The summed E-state index contributed by atoms with van der Waals surface area (Å²) in [6.45, 7) is 6.27. The molecular formula is C22H26N8O. The number of aromatic nitrogens is 6. The molecule has 4 heterocycles. The largest absolute Gasteiger partial charge is 0.348 e. The molecule has 0 spiro atoms. The van der Waals surface area contributed by atoms with Crippen LogP contribution in [0.15, 0.2) is 42.9 Å². The van der Waals surface area contributed by atoms with Crippen molar-refractivity contribution in [1.82, 2.24) is 34.9 Å². The molecule has 31 heavy (non-hydrogen) atoms. The molecule has 0 aliphatic heterocycles. The number of pyridine rings is 2. The number of imidazole rings is 1. The van der Waals surface area contributed by atoms with Crippen LogP contribution in [-0.2, 0) is 11.3 Å². The summed E-state index contributed by atoms with van der Waals surface area (Å²) in [5, 5.41) is 7.09. The van der Waals surface area contributed by atoms with Crippen molar-refractivity contribution in [1.29, 1.82) is 0 Å². The van der Waals surface area contributed by atoms with E-state index in [1.165, 1.54) is 6.33 Å². The van der Waals surface area contributed by atoms with Gasteiger partial charge in [0.2, 0.25) is 5.91 Å². The van der Waals surface area contributed by atoms with Gasteiger partial charge in [-0.1, -0.05) is 19.9 Å². The maximum absolute atomic E-state index is 12.3. The van der Waals surface area contributed by atoms with Crippen molar-refractivity contribution in [2.45, 2.75) is 39.8 Å². The molecule has 0 saturated carbocycles. The second-order valence-corrected chi connectivity index (χ2v) is 8.01. The minimum atomic E-state index is -0.540. The van der Waals surface area contributed by atoms with E-state index in [2.05, 4.69) is 25.4 Å². The van der Waals surface area contributed by atoms with Crippen LogP contribution in [0.5, 0.6) is 0 Å². The van der Waals surface area contributed by atoms with Gasteiger partial charge in [-0.3, -0.25) is 9.78 Å². The summed E-state index contributed by atoms with van der Waals surface area (Å²) in [6.07, 6.45) is 4.01. The van der Waals surface area contributed by atoms with Crippen LogP contribution in [0.2, 0.25) is 0 Å². The summed E-state index contributed by atoms with van der Waals surface area (Å²) >= 11 is 0. The van der Waals surface area contributed by atoms with Gasteiger partial charge in [0.25, 0.3) is 0 Å². The van der Waals surface area contributed by atoms with Gasteiger partial charge in [0, 0.05) is 17.5 Å². The minimum absolute atomic E-state index is 0.189. The van der Waals surface area contributed by atoms with Crippen molar-refractivity contribution in [3.63, 3.8) is 0 Å². The SMILES string of the molecule is Cc1cccc(-c2[nH]c(CNC(=O)[C@H](N)CC(C)C)nc2-c2ccc3ncnn3c2)n1. The number of nitrogens with two attached hydrogens (primary N) is 1. The molecule has 9 nitrogen and oxygen atoms in total. The van der Waals surface area contributed by atoms with Gasteiger partial charge in [-0.15, -0.1) is 0 Å². The average molecular weight is 419 g/mol. The summed E-state index contributed by atoms with van der Waals surface area (Å²) in [4.78, 5) is 29.2. The molecule has 0 fully saturated rings. The molecule has 4 aromatic rings. The minimum Gasteiger partial charge on any atom is -0.348 e. The van der Waals surface area contributed by atoms with Gasteiger partial charge in [0.05, 0.1) is 29.7 Å². The van der Waals surface area contributed by atoms with Crippen LogP contribution in [0, 0.1) is 12.8 Å². The molecule has 4 aromatic heterocycles. The maximum Gasteiger partial charge on any atom is 0.237 e. The lowest BCUT2D eigenvalue weighted by Crippen LogP contribution is -2.41. The molecule has 1 amide bonds. The topological polar surface area (TPSA) is 127 Å². The Morgan fingerprint density at radius 3 is 2.84 bits per heavy atom. The van der Waals surface area contributed by atoms with Crippen molar-refractivity contribution < 1.29 is 4.79 Å². The summed E-state index contributed by atoms with van der Waals surface area (Å²) in [6, 6.07) is 9.12. The first kappa shape index (κ1) is 20.7. The molecule has 0 radical (unpaired) electrons. The van der Waals surface area contributed by atoms with Crippen molar-refractivity contribution in [3.8, 4) is 22.6 Å². The van der Waals surface area contributed by atoms with E-state index in [0.717, 1.165) is 34.0 Å². The molecule has 160 valence electrons. The maximum atomic E-state index is 12.3. The number of nitrogens with zero attached hydrogens (tertiary/aromatic N) is 5. The highest BCUT2D eigenvalue weighted by Gasteiger charge is 2.18. The Labute approximate surface area is 180 Å². The number of hydrogen-bond donors (Lipinski definition) is 3. The number of nitrogens with one attached hydrogen (secondary N) is 2. The number of hydrogen-bond acceptors (Lipinski definition) is 6.